The second kappa shape index (κ2) is 7.54. The standard InChI is InChI=1S/C22H35ClN4OSi/c1-15-13-27(16-9-7-10-16)20-18(15)19(24-21(23)25-20)26-12-8-11-17(26)14-28-29(5,6)22(2,3)4/h13,16-17H,7-12,14H2,1-6H3. The number of aryl methyl sites for hydroxylation is 1. The highest BCUT2D eigenvalue weighted by molar-refractivity contribution is 6.74. The topological polar surface area (TPSA) is 43.2 Å². The highest BCUT2D eigenvalue weighted by Gasteiger charge is 2.39. The maximum Gasteiger partial charge on any atom is 0.226 e. The molecule has 1 atom stereocenters. The molecule has 0 spiro atoms. The summed E-state index contributed by atoms with van der Waals surface area (Å²) in [6.45, 7) is 15.5. The molecule has 0 bridgehead atoms. The summed E-state index contributed by atoms with van der Waals surface area (Å²) in [5.74, 6) is 0.997. The highest BCUT2D eigenvalue weighted by Crippen LogP contribution is 2.40. The lowest BCUT2D eigenvalue weighted by Crippen LogP contribution is -2.45. The summed E-state index contributed by atoms with van der Waals surface area (Å²) >= 11 is 6.42. The van der Waals surface area contributed by atoms with Crippen LogP contribution in [0.5, 0.6) is 0 Å². The Labute approximate surface area is 180 Å². The van der Waals surface area contributed by atoms with Gasteiger partial charge < -0.3 is 13.9 Å². The van der Waals surface area contributed by atoms with Gasteiger partial charge in [-0.05, 0) is 74.3 Å². The van der Waals surface area contributed by atoms with E-state index in [4.69, 9.17) is 21.0 Å². The molecular formula is C22H35ClN4OSi. The zero-order chi connectivity index (χ0) is 21.0. The van der Waals surface area contributed by atoms with Gasteiger partial charge in [0.15, 0.2) is 8.32 Å². The first kappa shape index (κ1) is 21.1. The smallest absolute Gasteiger partial charge is 0.226 e. The Morgan fingerprint density at radius 1 is 1.17 bits per heavy atom. The van der Waals surface area contributed by atoms with Crippen molar-refractivity contribution in [1.82, 2.24) is 14.5 Å². The molecule has 160 valence electrons. The Hall–Kier alpha value is -1.11. The van der Waals surface area contributed by atoms with Crippen molar-refractivity contribution >= 4 is 36.8 Å². The minimum absolute atomic E-state index is 0.221. The number of halogens is 1. The summed E-state index contributed by atoms with van der Waals surface area (Å²) in [6, 6.07) is 0.908. The third kappa shape index (κ3) is 3.84. The first-order chi connectivity index (χ1) is 13.6. The van der Waals surface area contributed by atoms with Crippen molar-refractivity contribution in [3.05, 3.63) is 17.0 Å². The number of anilines is 1. The van der Waals surface area contributed by atoms with E-state index in [2.05, 4.69) is 61.4 Å². The third-order valence-electron chi connectivity index (χ3n) is 7.38. The lowest BCUT2D eigenvalue weighted by molar-refractivity contribution is 0.263. The molecule has 1 saturated heterocycles. The zero-order valence-corrected chi connectivity index (χ0v) is 20.5. The second-order valence-corrected chi connectivity index (χ2v) is 15.5. The van der Waals surface area contributed by atoms with Gasteiger partial charge in [-0.25, -0.2) is 0 Å². The Morgan fingerprint density at radius 2 is 1.90 bits per heavy atom. The van der Waals surface area contributed by atoms with Gasteiger partial charge in [0.05, 0.1) is 18.0 Å². The van der Waals surface area contributed by atoms with E-state index in [0.717, 1.165) is 37.5 Å². The molecule has 3 heterocycles. The molecule has 29 heavy (non-hydrogen) atoms. The fourth-order valence-electron chi connectivity index (χ4n) is 4.25. The van der Waals surface area contributed by atoms with Gasteiger partial charge in [-0.15, -0.1) is 0 Å². The average molecular weight is 435 g/mol. The van der Waals surface area contributed by atoms with Gasteiger partial charge >= 0.3 is 0 Å². The summed E-state index contributed by atoms with van der Waals surface area (Å²) in [5, 5.41) is 1.74. The van der Waals surface area contributed by atoms with Gasteiger partial charge in [0.2, 0.25) is 5.28 Å². The maximum atomic E-state index is 6.59. The van der Waals surface area contributed by atoms with E-state index in [9.17, 15) is 0 Å². The molecule has 2 fully saturated rings. The van der Waals surface area contributed by atoms with Crippen molar-refractivity contribution in [1.29, 1.82) is 0 Å². The summed E-state index contributed by atoms with van der Waals surface area (Å²) in [7, 11) is -1.78. The van der Waals surface area contributed by atoms with Crippen LogP contribution < -0.4 is 4.90 Å². The zero-order valence-electron chi connectivity index (χ0n) is 18.8. The molecule has 0 radical (unpaired) electrons. The molecule has 2 aromatic rings. The van der Waals surface area contributed by atoms with Crippen molar-refractivity contribution in [3.63, 3.8) is 0 Å². The third-order valence-corrected chi connectivity index (χ3v) is 12.0. The Morgan fingerprint density at radius 3 is 2.52 bits per heavy atom. The number of nitrogens with zero attached hydrogens (tertiary/aromatic N) is 4. The highest BCUT2D eigenvalue weighted by atomic mass is 35.5. The molecular weight excluding hydrogens is 400 g/mol. The van der Waals surface area contributed by atoms with Gasteiger partial charge in [0.25, 0.3) is 0 Å². The predicted octanol–water partition coefficient (Wildman–Crippen LogP) is 6.11. The van der Waals surface area contributed by atoms with Crippen LogP contribution in [0.3, 0.4) is 0 Å². The summed E-state index contributed by atoms with van der Waals surface area (Å²) in [4.78, 5) is 11.8. The normalized spacial score (nSPS) is 21.2. The molecule has 0 aromatic carbocycles. The predicted molar refractivity (Wildman–Crippen MR) is 124 cm³/mol. The van der Waals surface area contributed by atoms with E-state index in [1.807, 2.05) is 0 Å². The van der Waals surface area contributed by atoms with Crippen molar-refractivity contribution in [3.8, 4) is 0 Å². The van der Waals surface area contributed by atoms with Crippen LogP contribution in [0.15, 0.2) is 6.20 Å². The number of hydrogen-bond acceptors (Lipinski definition) is 4. The molecule has 0 amide bonds. The van der Waals surface area contributed by atoms with Crippen LogP contribution in [-0.4, -0.2) is 42.0 Å². The fraction of sp³-hybridized carbons (Fsp3) is 0.727. The van der Waals surface area contributed by atoms with E-state index in [-0.39, 0.29) is 5.04 Å². The van der Waals surface area contributed by atoms with Crippen LogP contribution in [0.4, 0.5) is 5.82 Å². The number of hydrogen-bond donors (Lipinski definition) is 0. The van der Waals surface area contributed by atoms with Crippen LogP contribution in [-0.2, 0) is 4.43 Å². The van der Waals surface area contributed by atoms with Crippen LogP contribution in [0, 0.1) is 6.92 Å². The van der Waals surface area contributed by atoms with Crippen molar-refractivity contribution in [2.45, 2.75) is 90.0 Å². The fourth-order valence-corrected chi connectivity index (χ4v) is 5.45. The van der Waals surface area contributed by atoms with Crippen LogP contribution in [0.25, 0.3) is 11.0 Å². The average Bonchev–Trinajstić information content (AvgIpc) is 3.15. The summed E-state index contributed by atoms with van der Waals surface area (Å²) in [5.41, 5.74) is 2.24. The molecule has 7 heteroatoms. The van der Waals surface area contributed by atoms with Gasteiger partial charge in [-0.3, -0.25) is 0 Å². The van der Waals surface area contributed by atoms with Crippen molar-refractivity contribution < 1.29 is 4.43 Å². The number of aromatic nitrogens is 3. The molecule has 2 aromatic heterocycles. The first-order valence-corrected chi connectivity index (χ1v) is 14.3. The van der Waals surface area contributed by atoms with E-state index < -0.39 is 8.32 Å². The monoisotopic (exact) mass is 434 g/mol. The van der Waals surface area contributed by atoms with E-state index in [1.165, 1.54) is 30.2 Å². The van der Waals surface area contributed by atoms with Crippen LogP contribution in [0.2, 0.25) is 23.4 Å². The van der Waals surface area contributed by atoms with E-state index in [1.54, 1.807) is 0 Å². The van der Waals surface area contributed by atoms with Gasteiger partial charge in [-0.1, -0.05) is 20.8 Å². The Balaban J connectivity index is 1.65. The van der Waals surface area contributed by atoms with Crippen LogP contribution in [0.1, 0.15) is 64.5 Å². The van der Waals surface area contributed by atoms with Gasteiger partial charge in [0.1, 0.15) is 11.5 Å². The van der Waals surface area contributed by atoms with E-state index >= 15 is 0 Å². The van der Waals surface area contributed by atoms with Crippen molar-refractivity contribution in [2.75, 3.05) is 18.1 Å². The number of rotatable bonds is 5. The Kier molecular flexibility index (Phi) is 5.49. The summed E-state index contributed by atoms with van der Waals surface area (Å²) < 4.78 is 8.92. The van der Waals surface area contributed by atoms with Gasteiger partial charge in [-0.2, -0.15) is 9.97 Å². The lowest BCUT2D eigenvalue weighted by Gasteiger charge is -2.38. The minimum atomic E-state index is -1.78. The quantitative estimate of drug-likeness (QED) is 0.420. The first-order valence-electron chi connectivity index (χ1n) is 11.0. The van der Waals surface area contributed by atoms with Crippen molar-refractivity contribution in [2.24, 2.45) is 0 Å². The molecule has 1 aliphatic carbocycles. The Bertz CT molecular complexity index is 900. The van der Waals surface area contributed by atoms with Crippen LogP contribution >= 0.6 is 11.6 Å². The van der Waals surface area contributed by atoms with E-state index in [0.29, 0.717) is 17.4 Å². The molecule has 1 aliphatic heterocycles. The largest absolute Gasteiger partial charge is 0.415 e. The number of fused-ring (bicyclic) bond motifs is 1. The molecule has 2 aliphatic rings. The minimum Gasteiger partial charge on any atom is -0.415 e. The second-order valence-electron chi connectivity index (χ2n) is 10.4. The van der Waals surface area contributed by atoms with Gasteiger partial charge in [0, 0.05) is 18.8 Å². The lowest BCUT2D eigenvalue weighted by atomic mass is 9.93. The SMILES string of the molecule is Cc1cn(C2CCC2)c2nc(Cl)nc(N3CCCC3CO[Si](C)(C)C(C)(C)C)c12. The summed E-state index contributed by atoms with van der Waals surface area (Å²) in [6.07, 6.45) is 8.31. The maximum absolute atomic E-state index is 6.59. The molecule has 1 saturated carbocycles. The molecule has 5 nitrogen and oxygen atoms in total. The molecule has 4 rings (SSSR count). The molecule has 1 unspecified atom stereocenters. The molecule has 0 N–H and O–H groups in total.